The fourth-order valence-electron chi connectivity index (χ4n) is 2.47. The second-order valence-electron chi connectivity index (χ2n) is 5.71. The summed E-state index contributed by atoms with van der Waals surface area (Å²) in [6, 6.07) is 18.6. The van der Waals surface area contributed by atoms with Crippen LogP contribution in [0.5, 0.6) is 0 Å². The Kier molecular flexibility index (Phi) is 4.71. The number of hydrogen-bond acceptors (Lipinski definition) is 2. The molecule has 2 aromatic carbocycles. The number of aliphatic hydroxyl groups is 1. The summed E-state index contributed by atoms with van der Waals surface area (Å²) in [5.74, 6) is 6.13. The van der Waals surface area contributed by atoms with Crippen LogP contribution in [0.2, 0.25) is 0 Å². The Morgan fingerprint density at radius 1 is 1.04 bits per heavy atom. The molecule has 3 rings (SSSR count). The zero-order valence-corrected chi connectivity index (χ0v) is 13.2. The van der Waals surface area contributed by atoms with Gasteiger partial charge in [0.05, 0.1) is 12.3 Å². The Bertz CT molecular complexity index is 851. The van der Waals surface area contributed by atoms with Crippen molar-refractivity contribution in [3.8, 4) is 11.8 Å². The van der Waals surface area contributed by atoms with Gasteiger partial charge in [-0.2, -0.15) is 0 Å². The van der Waals surface area contributed by atoms with Crippen LogP contribution in [0.1, 0.15) is 23.7 Å². The first kappa shape index (κ1) is 15.3. The van der Waals surface area contributed by atoms with Gasteiger partial charge in [0.25, 0.3) is 0 Å². The molecule has 0 amide bonds. The van der Waals surface area contributed by atoms with E-state index in [4.69, 9.17) is 5.11 Å². The average molecular weight is 301 g/mol. The molecular weight excluding hydrogens is 282 g/mol. The number of aliphatic hydroxyl groups excluding tert-OH is 1. The van der Waals surface area contributed by atoms with Crippen LogP contribution in [-0.2, 0) is 6.42 Å². The smallest absolute Gasteiger partial charge is 0.0566 e. The van der Waals surface area contributed by atoms with Crippen LogP contribution in [-0.4, -0.2) is 16.7 Å². The van der Waals surface area contributed by atoms with Crippen molar-refractivity contribution in [3.63, 3.8) is 0 Å². The molecule has 0 saturated heterocycles. The molecule has 114 valence electrons. The number of rotatable bonds is 3. The van der Waals surface area contributed by atoms with Gasteiger partial charge in [-0.05, 0) is 36.1 Å². The molecule has 0 fully saturated rings. The minimum absolute atomic E-state index is 0.00885. The summed E-state index contributed by atoms with van der Waals surface area (Å²) in [5.41, 5.74) is 3.28. The van der Waals surface area contributed by atoms with Crippen LogP contribution in [0.25, 0.3) is 10.8 Å². The molecule has 3 aromatic rings. The lowest BCUT2D eigenvalue weighted by molar-refractivity contribution is 0.266. The summed E-state index contributed by atoms with van der Waals surface area (Å²) < 4.78 is 0. The van der Waals surface area contributed by atoms with Gasteiger partial charge in [0.2, 0.25) is 0 Å². The molecule has 1 unspecified atom stereocenters. The van der Waals surface area contributed by atoms with E-state index >= 15 is 0 Å². The Morgan fingerprint density at radius 2 is 1.83 bits per heavy atom. The van der Waals surface area contributed by atoms with E-state index in [1.165, 1.54) is 16.3 Å². The normalized spacial score (nSPS) is 11.7. The molecule has 1 heterocycles. The molecule has 0 aliphatic heterocycles. The van der Waals surface area contributed by atoms with Gasteiger partial charge in [0.15, 0.2) is 0 Å². The number of benzene rings is 2. The Labute approximate surface area is 136 Å². The lowest BCUT2D eigenvalue weighted by Gasteiger charge is -2.06. The van der Waals surface area contributed by atoms with Crippen LogP contribution in [0.3, 0.4) is 0 Å². The molecule has 0 radical (unpaired) electrons. The highest BCUT2D eigenvalue weighted by Gasteiger charge is 2.03. The van der Waals surface area contributed by atoms with Gasteiger partial charge in [0.1, 0.15) is 0 Å². The van der Waals surface area contributed by atoms with Crippen molar-refractivity contribution in [1.82, 2.24) is 4.98 Å². The lowest BCUT2D eigenvalue weighted by Crippen LogP contribution is -1.96. The van der Waals surface area contributed by atoms with Crippen molar-refractivity contribution < 1.29 is 5.11 Å². The Morgan fingerprint density at radius 3 is 2.61 bits per heavy atom. The minimum Gasteiger partial charge on any atom is -0.395 e. The van der Waals surface area contributed by atoms with E-state index in [1.54, 1.807) is 0 Å². The van der Waals surface area contributed by atoms with Crippen molar-refractivity contribution in [2.24, 2.45) is 5.92 Å². The monoisotopic (exact) mass is 301 g/mol. The van der Waals surface area contributed by atoms with Crippen LogP contribution < -0.4 is 0 Å². The third kappa shape index (κ3) is 3.77. The third-order valence-electron chi connectivity index (χ3n) is 3.82. The molecule has 0 saturated carbocycles. The lowest BCUT2D eigenvalue weighted by atomic mass is 10.0. The minimum atomic E-state index is 0.00885. The van der Waals surface area contributed by atoms with Crippen molar-refractivity contribution in [3.05, 3.63) is 77.6 Å². The maximum absolute atomic E-state index is 9.00. The third-order valence-corrected chi connectivity index (χ3v) is 3.82. The van der Waals surface area contributed by atoms with Gasteiger partial charge >= 0.3 is 0 Å². The molecule has 23 heavy (non-hydrogen) atoms. The quantitative estimate of drug-likeness (QED) is 0.746. The molecule has 1 aromatic heterocycles. The summed E-state index contributed by atoms with van der Waals surface area (Å²) >= 11 is 0. The van der Waals surface area contributed by atoms with Gasteiger partial charge in [-0.3, -0.25) is 4.98 Å². The van der Waals surface area contributed by atoms with Crippen molar-refractivity contribution in [2.75, 3.05) is 6.61 Å². The highest BCUT2D eigenvalue weighted by Crippen LogP contribution is 2.19. The zero-order valence-electron chi connectivity index (χ0n) is 13.2. The van der Waals surface area contributed by atoms with E-state index in [9.17, 15) is 0 Å². The number of hydrogen-bond donors (Lipinski definition) is 1. The number of aromatic nitrogens is 1. The van der Waals surface area contributed by atoms with E-state index < -0.39 is 0 Å². The fourth-order valence-corrected chi connectivity index (χ4v) is 2.47. The van der Waals surface area contributed by atoms with E-state index in [2.05, 4.69) is 47.2 Å². The highest BCUT2D eigenvalue weighted by atomic mass is 16.3. The summed E-state index contributed by atoms with van der Waals surface area (Å²) in [4.78, 5) is 4.54. The van der Waals surface area contributed by atoms with E-state index in [0.29, 0.717) is 0 Å². The summed E-state index contributed by atoms with van der Waals surface area (Å²) in [5, 5.41) is 11.4. The largest absolute Gasteiger partial charge is 0.395 e. The Balaban J connectivity index is 1.81. The summed E-state index contributed by atoms with van der Waals surface area (Å²) in [6.07, 6.45) is 2.68. The zero-order chi connectivity index (χ0) is 16.1. The second-order valence-corrected chi connectivity index (χ2v) is 5.71. The summed E-state index contributed by atoms with van der Waals surface area (Å²) in [6.45, 7) is 2.01. The predicted molar refractivity (Wildman–Crippen MR) is 94.1 cm³/mol. The predicted octanol–water partition coefficient (Wildman–Crippen LogP) is 3.81. The van der Waals surface area contributed by atoms with Gasteiger partial charge in [-0.1, -0.05) is 48.2 Å². The van der Waals surface area contributed by atoms with Gasteiger partial charge < -0.3 is 5.11 Å². The molecule has 1 N–H and O–H groups in total. The van der Waals surface area contributed by atoms with Crippen molar-refractivity contribution in [2.45, 2.75) is 13.3 Å². The van der Waals surface area contributed by atoms with E-state index in [-0.39, 0.29) is 12.5 Å². The first-order valence-corrected chi connectivity index (χ1v) is 7.80. The van der Waals surface area contributed by atoms with Crippen LogP contribution in [0, 0.1) is 17.8 Å². The number of nitrogens with zero attached hydrogens (tertiary/aromatic N) is 1. The molecule has 1 atom stereocenters. The van der Waals surface area contributed by atoms with Gasteiger partial charge in [-0.15, -0.1) is 0 Å². The standard InChI is InChI=1S/C21H19NO/c1-16(15-23)6-7-17-8-10-18(11-9-17)14-21-20-5-3-2-4-19(20)12-13-22-21/h2-5,8-13,16,23H,14-15H2,1H3. The number of fused-ring (bicyclic) bond motifs is 1. The molecule has 2 nitrogen and oxygen atoms in total. The fraction of sp³-hybridized carbons (Fsp3) is 0.190. The molecule has 0 aliphatic carbocycles. The maximum Gasteiger partial charge on any atom is 0.0566 e. The van der Waals surface area contributed by atoms with Crippen LogP contribution >= 0.6 is 0 Å². The maximum atomic E-state index is 9.00. The molecular formula is C21H19NO. The van der Waals surface area contributed by atoms with Crippen LogP contribution in [0.15, 0.2) is 60.8 Å². The molecule has 0 aliphatic rings. The Hall–Kier alpha value is -2.63. The first-order chi connectivity index (χ1) is 11.3. The van der Waals surface area contributed by atoms with Gasteiger partial charge in [-0.25, -0.2) is 0 Å². The first-order valence-electron chi connectivity index (χ1n) is 7.80. The topological polar surface area (TPSA) is 33.1 Å². The average Bonchev–Trinajstić information content (AvgIpc) is 2.61. The second kappa shape index (κ2) is 7.09. The van der Waals surface area contributed by atoms with Gasteiger partial charge in [0, 0.05) is 29.5 Å². The highest BCUT2D eigenvalue weighted by molar-refractivity contribution is 5.84. The SMILES string of the molecule is CC(C#Cc1ccc(Cc2nccc3ccccc23)cc1)CO. The van der Waals surface area contributed by atoms with E-state index in [0.717, 1.165) is 17.7 Å². The number of pyridine rings is 1. The summed E-state index contributed by atoms with van der Waals surface area (Å²) in [7, 11) is 0. The van der Waals surface area contributed by atoms with Crippen molar-refractivity contribution in [1.29, 1.82) is 0 Å². The molecule has 0 bridgehead atoms. The van der Waals surface area contributed by atoms with Crippen LogP contribution in [0.4, 0.5) is 0 Å². The molecule has 0 spiro atoms. The molecule has 2 heteroatoms. The van der Waals surface area contributed by atoms with Crippen molar-refractivity contribution >= 4 is 10.8 Å². The van der Waals surface area contributed by atoms with E-state index in [1.807, 2.05) is 37.4 Å².